The van der Waals surface area contributed by atoms with Gasteiger partial charge in [0, 0.05) is 58.2 Å². The average Bonchev–Trinajstić information content (AvgIpc) is 3.15. The summed E-state index contributed by atoms with van der Waals surface area (Å²) in [6.07, 6.45) is 4.86. The van der Waals surface area contributed by atoms with Crippen molar-refractivity contribution in [3.8, 4) is 0 Å². The number of piperazine rings is 1. The van der Waals surface area contributed by atoms with Crippen LogP contribution < -0.4 is 5.32 Å². The van der Waals surface area contributed by atoms with E-state index in [-0.39, 0.29) is 24.2 Å². The molecule has 3 aliphatic heterocycles. The van der Waals surface area contributed by atoms with Crippen LogP contribution in [0.15, 0.2) is 0 Å². The number of rotatable bonds is 4. The first-order valence-electron chi connectivity index (χ1n) is 9.23. The Balaban J connectivity index is 0.00000208. The van der Waals surface area contributed by atoms with E-state index in [0.29, 0.717) is 12.3 Å². The highest BCUT2D eigenvalue weighted by Crippen LogP contribution is 2.22. The lowest BCUT2D eigenvalue weighted by molar-refractivity contribution is -0.136. The molecule has 6 nitrogen and oxygen atoms in total. The first-order valence-corrected chi connectivity index (χ1v) is 9.23. The second-order valence-electron chi connectivity index (χ2n) is 7.03. The summed E-state index contributed by atoms with van der Waals surface area (Å²) in [4.78, 5) is 31.0. The molecule has 1 N–H and O–H groups in total. The van der Waals surface area contributed by atoms with Crippen LogP contribution in [0.3, 0.4) is 0 Å². The molecule has 2 amide bonds. The van der Waals surface area contributed by atoms with Crippen LogP contribution in [-0.4, -0.2) is 85.4 Å². The average molecular weight is 359 g/mol. The minimum atomic E-state index is 0. The van der Waals surface area contributed by atoms with E-state index >= 15 is 0 Å². The van der Waals surface area contributed by atoms with Crippen molar-refractivity contribution in [2.45, 2.75) is 32.1 Å². The SMILES string of the molecule is Cl.O=C(CCN1CCC(C(=O)N2CCCC2)CC1)N1CCNCC1. The predicted octanol–water partition coefficient (Wildman–Crippen LogP) is 0.565. The van der Waals surface area contributed by atoms with Crippen molar-refractivity contribution in [2.75, 3.05) is 58.9 Å². The Labute approximate surface area is 151 Å². The minimum absolute atomic E-state index is 0. The summed E-state index contributed by atoms with van der Waals surface area (Å²) in [7, 11) is 0. The zero-order valence-corrected chi connectivity index (χ0v) is 15.4. The van der Waals surface area contributed by atoms with Gasteiger partial charge in [0.15, 0.2) is 0 Å². The maximum atomic E-state index is 12.4. The number of hydrogen-bond donors (Lipinski definition) is 1. The quantitative estimate of drug-likeness (QED) is 0.798. The van der Waals surface area contributed by atoms with Crippen molar-refractivity contribution >= 4 is 24.2 Å². The van der Waals surface area contributed by atoms with E-state index in [1.807, 2.05) is 9.80 Å². The molecular formula is C17H31ClN4O2. The molecule has 7 heteroatoms. The van der Waals surface area contributed by atoms with Gasteiger partial charge < -0.3 is 20.0 Å². The van der Waals surface area contributed by atoms with E-state index in [1.54, 1.807) is 0 Å². The number of carbonyl (C=O) groups is 2. The van der Waals surface area contributed by atoms with Gasteiger partial charge in [0.05, 0.1) is 0 Å². The van der Waals surface area contributed by atoms with Crippen LogP contribution in [0.2, 0.25) is 0 Å². The zero-order valence-electron chi connectivity index (χ0n) is 14.5. The second kappa shape index (κ2) is 9.59. The third-order valence-corrected chi connectivity index (χ3v) is 5.47. The molecule has 3 fully saturated rings. The molecule has 0 radical (unpaired) electrons. The first kappa shape index (κ1) is 19.5. The topological polar surface area (TPSA) is 55.9 Å². The third-order valence-electron chi connectivity index (χ3n) is 5.47. The van der Waals surface area contributed by atoms with Gasteiger partial charge in [0.25, 0.3) is 0 Å². The van der Waals surface area contributed by atoms with Crippen LogP contribution in [0.25, 0.3) is 0 Å². The van der Waals surface area contributed by atoms with Gasteiger partial charge in [-0.15, -0.1) is 12.4 Å². The van der Waals surface area contributed by atoms with Gasteiger partial charge in [0.2, 0.25) is 11.8 Å². The predicted molar refractivity (Wildman–Crippen MR) is 96.3 cm³/mol. The normalized spacial score (nSPS) is 23.2. The Bertz CT molecular complexity index is 415. The van der Waals surface area contributed by atoms with Gasteiger partial charge in [-0.2, -0.15) is 0 Å². The molecule has 3 aliphatic rings. The lowest BCUT2D eigenvalue weighted by Gasteiger charge is -2.33. The van der Waals surface area contributed by atoms with E-state index in [1.165, 1.54) is 12.8 Å². The van der Waals surface area contributed by atoms with E-state index in [4.69, 9.17) is 0 Å². The molecule has 24 heavy (non-hydrogen) atoms. The lowest BCUT2D eigenvalue weighted by Crippen LogP contribution is -2.47. The van der Waals surface area contributed by atoms with Crippen LogP contribution in [0.5, 0.6) is 0 Å². The number of amides is 2. The lowest BCUT2D eigenvalue weighted by atomic mass is 9.95. The summed E-state index contributed by atoms with van der Waals surface area (Å²) in [5.41, 5.74) is 0. The zero-order chi connectivity index (χ0) is 16.1. The summed E-state index contributed by atoms with van der Waals surface area (Å²) < 4.78 is 0. The van der Waals surface area contributed by atoms with Gasteiger partial charge in [-0.25, -0.2) is 0 Å². The molecule has 138 valence electrons. The first-order chi connectivity index (χ1) is 11.2. The van der Waals surface area contributed by atoms with Crippen molar-refractivity contribution in [2.24, 2.45) is 5.92 Å². The second-order valence-corrected chi connectivity index (χ2v) is 7.03. The number of nitrogens with zero attached hydrogens (tertiary/aromatic N) is 3. The Morgan fingerprint density at radius 2 is 1.50 bits per heavy atom. The largest absolute Gasteiger partial charge is 0.342 e. The van der Waals surface area contributed by atoms with Crippen molar-refractivity contribution in [3.63, 3.8) is 0 Å². The van der Waals surface area contributed by atoms with Crippen molar-refractivity contribution in [1.29, 1.82) is 0 Å². The van der Waals surface area contributed by atoms with Gasteiger partial charge in [-0.3, -0.25) is 9.59 Å². The third kappa shape index (κ3) is 5.07. The van der Waals surface area contributed by atoms with Gasteiger partial charge in [-0.05, 0) is 38.8 Å². The standard InChI is InChI=1S/C17H30N4O2.ClH/c22-16(20-13-6-18-7-14-20)5-12-19-10-3-15(4-11-19)17(23)21-8-1-2-9-21;/h15,18H,1-14H2;1H. The molecule has 3 heterocycles. The minimum Gasteiger partial charge on any atom is -0.342 e. The van der Waals surface area contributed by atoms with E-state index in [0.717, 1.165) is 71.7 Å². The van der Waals surface area contributed by atoms with E-state index in [2.05, 4.69) is 10.2 Å². The maximum absolute atomic E-state index is 12.4. The summed E-state index contributed by atoms with van der Waals surface area (Å²) in [5, 5.41) is 3.27. The van der Waals surface area contributed by atoms with Crippen LogP contribution in [-0.2, 0) is 9.59 Å². The Morgan fingerprint density at radius 1 is 0.875 bits per heavy atom. The number of piperidine rings is 1. The molecule has 0 saturated carbocycles. The molecule has 0 unspecified atom stereocenters. The van der Waals surface area contributed by atoms with Crippen LogP contribution in [0, 0.1) is 5.92 Å². The van der Waals surface area contributed by atoms with Crippen molar-refractivity contribution in [1.82, 2.24) is 20.0 Å². The molecule has 3 rings (SSSR count). The fourth-order valence-electron chi connectivity index (χ4n) is 3.93. The molecule has 0 aromatic rings. The van der Waals surface area contributed by atoms with Crippen molar-refractivity contribution in [3.05, 3.63) is 0 Å². The molecule has 0 atom stereocenters. The molecule has 3 saturated heterocycles. The summed E-state index contributed by atoms with van der Waals surface area (Å²) >= 11 is 0. The number of hydrogen-bond acceptors (Lipinski definition) is 4. The number of halogens is 1. The van der Waals surface area contributed by atoms with Gasteiger partial charge in [-0.1, -0.05) is 0 Å². The van der Waals surface area contributed by atoms with E-state index < -0.39 is 0 Å². The molecule has 0 aromatic heterocycles. The highest BCUT2D eigenvalue weighted by Gasteiger charge is 2.30. The number of nitrogens with one attached hydrogen (secondary N) is 1. The molecule has 0 spiro atoms. The summed E-state index contributed by atoms with van der Waals surface area (Å²) in [6.45, 7) is 8.17. The van der Waals surface area contributed by atoms with Crippen LogP contribution >= 0.6 is 12.4 Å². The van der Waals surface area contributed by atoms with Crippen LogP contribution in [0.4, 0.5) is 0 Å². The Morgan fingerprint density at radius 3 is 2.12 bits per heavy atom. The fourth-order valence-corrected chi connectivity index (χ4v) is 3.93. The Kier molecular flexibility index (Phi) is 7.78. The van der Waals surface area contributed by atoms with E-state index in [9.17, 15) is 9.59 Å². The van der Waals surface area contributed by atoms with Gasteiger partial charge in [0.1, 0.15) is 0 Å². The monoisotopic (exact) mass is 358 g/mol. The molecule has 0 aromatic carbocycles. The molecular weight excluding hydrogens is 328 g/mol. The highest BCUT2D eigenvalue weighted by molar-refractivity contribution is 5.85. The summed E-state index contributed by atoms with van der Waals surface area (Å²) in [6, 6.07) is 0. The van der Waals surface area contributed by atoms with Gasteiger partial charge >= 0.3 is 0 Å². The molecule has 0 bridgehead atoms. The fraction of sp³-hybridized carbons (Fsp3) is 0.882. The Hall–Kier alpha value is -0.850. The number of likely N-dealkylation sites (tertiary alicyclic amines) is 2. The summed E-state index contributed by atoms with van der Waals surface area (Å²) in [5.74, 6) is 0.869. The van der Waals surface area contributed by atoms with Crippen molar-refractivity contribution < 1.29 is 9.59 Å². The number of carbonyl (C=O) groups excluding carboxylic acids is 2. The maximum Gasteiger partial charge on any atom is 0.225 e. The highest BCUT2D eigenvalue weighted by atomic mass is 35.5. The molecule has 0 aliphatic carbocycles. The van der Waals surface area contributed by atoms with Crippen LogP contribution in [0.1, 0.15) is 32.1 Å². The smallest absolute Gasteiger partial charge is 0.225 e.